The normalized spacial score (nSPS) is 10.2. The van der Waals surface area contributed by atoms with Crippen molar-refractivity contribution in [3.63, 3.8) is 0 Å². The van der Waals surface area contributed by atoms with Crippen LogP contribution in [0.1, 0.15) is 21.7 Å². The maximum atomic E-state index is 11.0. The lowest BCUT2D eigenvalue weighted by Crippen LogP contribution is -2.08. The number of nitrogens with zero attached hydrogens (tertiary/aromatic N) is 3. The Hall–Kier alpha value is -2.30. The highest BCUT2D eigenvalue weighted by molar-refractivity contribution is 5.90. The summed E-state index contributed by atoms with van der Waals surface area (Å²) in [5.41, 5.74) is 1.69. The molecule has 2 aromatic rings. The minimum absolute atomic E-state index is 0.157. The molecule has 2 rings (SSSR count). The summed E-state index contributed by atoms with van der Waals surface area (Å²) in [5, 5.41) is 9.01. The Bertz CT molecular complexity index is 544. The van der Waals surface area contributed by atoms with Crippen molar-refractivity contribution in [2.75, 3.05) is 0 Å². The second-order valence-corrected chi connectivity index (χ2v) is 3.61. The number of hydrogen-bond donors (Lipinski definition) is 1. The highest BCUT2D eigenvalue weighted by Gasteiger charge is 2.15. The van der Waals surface area contributed by atoms with Gasteiger partial charge in [-0.1, -0.05) is 6.07 Å². The fourth-order valence-electron chi connectivity index (χ4n) is 1.64. The largest absolute Gasteiger partial charge is 0.478 e. The van der Waals surface area contributed by atoms with Crippen molar-refractivity contribution < 1.29 is 9.90 Å². The van der Waals surface area contributed by atoms with E-state index in [4.69, 9.17) is 5.11 Å². The van der Waals surface area contributed by atoms with Gasteiger partial charge in [0, 0.05) is 6.20 Å². The molecule has 2 aromatic heterocycles. The van der Waals surface area contributed by atoms with E-state index in [1.807, 2.05) is 6.07 Å². The van der Waals surface area contributed by atoms with Gasteiger partial charge in [-0.25, -0.2) is 14.8 Å². The summed E-state index contributed by atoms with van der Waals surface area (Å²) >= 11 is 0. The van der Waals surface area contributed by atoms with Gasteiger partial charge in [0.25, 0.3) is 0 Å². The van der Waals surface area contributed by atoms with Gasteiger partial charge in [-0.2, -0.15) is 0 Å². The Balaban J connectivity index is 2.57. The predicted molar refractivity (Wildman–Crippen MR) is 61.7 cm³/mol. The predicted octanol–water partition coefficient (Wildman–Crippen LogP) is 1.85. The number of aromatic carboxylic acids is 1. The van der Waals surface area contributed by atoms with Crippen LogP contribution >= 0.6 is 0 Å². The van der Waals surface area contributed by atoms with Crippen LogP contribution < -0.4 is 0 Å². The van der Waals surface area contributed by atoms with Crippen LogP contribution in [0.4, 0.5) is 0 Å². The molecule has 0 aliphatic heterocycles. The zero-order chi connectivity index (χ0) is 12.4. The number of rotatable bonds is 2. The molecule has 2 heterocycles. The summed E-state index contributed by atoms with van der Waals surface area (Å²) in [4.78, 5) is 23.5. The lowest BCUT2D eigenvalue weighted by Gasteiger charge is -2.06. The van der Waals surface area contributed by atoms with Crippen LogP contribution in [-0.2, 0) is 0 Å². The molecule has 0 saturated carbocycles. The summed E-state index contributed by atoms with van der Waals surface area (Å²) in [6, 6.07) is 5.42. The van der Waals surface area contributed by atoms with Crippen molar-refractivity contribution in [3.8, 4) is 11.5 Å². The molecule has 0 bridgehead atoms. The number of hydrogen-bond acceptors (Lipinski definition) is 4. The molecular weight excluding hydrogens is 218 g/mol. The second-order valence-electron chi connectivity index (χ2n) is 3.61. The molecule has 0 aromatic carbocycles. The van der Waals surface area contributed by atoms with Crippen LogP contribution in [0.2, 0.25) is 0 Å². The van der Waals surface area contributed by atoms with E-state index in [-0.39, 0.29) is 5.56 Å². The Morgan fingerprint density at radius 2 is 1.82 bits per heavy atom. The average Bonchev–Trinajstić information content (AvgIpc) is 2.28. The van der Waals surface area contributed by atoms with Gasteiger partial charge < -0.3 is 5.11 Å². The van der Waals surface area contributed by atoms with Gasteiger partial charge in [0.05, 0.1) is 11.4 Å². The van der Waals surface area contributed by atoms with E-state index in [0.29, 0.717) is 22.9 Å². The van der Waals surface area contributed by atoms with E-state index in [2.05, 4.69) is 15.0 Å². The molecular formula is C12H11N3O2. The van der Waals surface area contributed by atoms with E-state index in [1.54, 1.807) is 32.2 Å². The van der Waals surface area contributed by atoms with E-state index < -0.39 is 5.97 Å². The van der Waals surface area contributed by atoms with Crippen LogP contribution in [0.25, 0.3) is 11.5 Å². The molecule has 0 radical (unpaired) electrons. The monoisotopic (exact) mass is 229 g/mol. The fraction of sp³-hybridized carbons (Fsp3) is 0.167. The molecule has 5 nitrogen and oxygen atoms in total. The maximum Gasteiger partial charge on any atom is 0.339 e. The van der Waals surface area contributed by atoms with E-state index in [1.165, 1.54) is 0 Å². The van der Waals surface area contributed by atoms with Crippen molar-refractivity contribution in [3.05, 3.63) is 41.3 Å². The number of carboxylic acid groups (broad SMARTS) is 1. The summed E-state index contributed by atoms with van der Waals surface area (Å²) < 4.78 is 0. The molecule has 0 spiro atoms. The van der Waals surface area contributed by atoms with Gasteiger partial charge >= 0.3 is 5.97 Å². The molecule has 0 aliphatic carbocycles. The standard InChI is InChI=1S/C12H11N3O2/c1-7-10(12(16)17)8(2)15-11(14-7)9-5-3-4-6-13-9/h3-6H,1-2H3,(H,16,17). The number of aromatic nitrogens is 3. The number of carboxylic acids is 1. The van der Waals surface area contributed by atoms with Crippen LogP contribution in [0.3, 0.4) is 0 Å². The lowest BCUT2D eigenvalue weighted by atomic mass is 10.1. The van der Waals surface area contributed by atoms with E-state index in [0.717, 1.165) is 0 Å². The molecule has 0 amide bonds. The van der Waals surface area contributed by atoms with Crippen molar-refractivity contribution in [2.24, 2.45) is 0 Å². The minimum Gasteiger partial charge on any atom is -0.478 e. The zero-order valence-corrected chi connectivity index (χ0v) is 9.51. The summed E-state index contributed by atoms with van der Waals surface area (Å²) in [7, 11) is 0. The fourth-order valence-corrected chi connectivity index (χ4v) is 1.64. The molecule has 17 heavy (non-hydrogen) atoms. The van der Waals surface area contributed by atoms with Crippen LogP contribution in [0, 0.1) is 13.8 Å². The number of carbonyl (C=O) groups is 1. The molecule has 0 aliphatic rings. The lowest BCUT2D eigenvalue weighted by molar-refractivity contribution is 0.0694. The molecule has 0 saturated heterocycles. The first-order valence-electron chi connectivity index (χ1n) is 5.09. The number of pyridine rings is 1. The van der Waals surface area contributed by atoms with Gasteiger partial charge in [0.1, 0.15) is 11.3 Å². The Morgan fingerprint density at radius 3 is 2.29 bits per heavy atom. The minimum atomic E-state index is -1.01. The zero-order valence-electron chi connectivity index (χ0n) is 9.51. The summed E-state index contributed by atoms with van der Waals surface area (Å²) in [6.45, 7) is 3.31. The van der Waals surface area contributed by atoms with Gasteiger partial charge in [-0.15, -0.1) is 0 Å². The van der Waals surface area contributed by atoms with Crippen LogP contribution in [-0.4, -0.2) is 26.0 Å². The third-order valence-corrected chi connectivity index (χ3v) is 2.38. The maximum absolute atomic E-state index is 11.0. The van der Waals surface area contributed by atoms with Gasteiger partial charge in [-0.05, 0) is 26.0 Å². The Labute approximate surface area is 98.2 Å². The number of aryl methyl sites for hydroxylation is 2. The molecule has 86 valence electrons. The third-order valence-electron chi connectivity index (χ3n) is 2.38. The Kier molecular flexibility index (Phi) is 2.82. The first-order valence-corrected chi connectivity index (χ1v) is 5.09. The highest BCUT2D eigenvalue weighted by atomic mass is 16.4. The molecule has 5 heteroatoms. The van der Waals surface area contributed by atoms with Gasteiger partial charge in [0.2, 0.25) is 0 Å². The molecule has 1 N–H and O–H groups in total. The summed E-state index contributed by atoms with van der Waals surface area (Å²) in [5.74, 6) is -0.557. The first kappa shape index (κ1) is 11.2. The quantitative estimate of drug-likeness (QED) is 0.850. The summed E-state index contributed by atoms with van der Waals surface area (Å²) in [6.07, 6.45) is 1.65. The SMILES string of the molecule is Cc1nc(-c2ccccn2)nc(C)c1C(=O)O. The highest BCUT2D eigenvalue weighted by Crippen LogP contribution is 2.16. The third kappa shape index (κ3) is 2.13. The van der Waals surface area contributed by atoms with Crippen molar-refractivity contribution in [2.45, 2.75) is 13.8 Å². The van der Waals surface area contributed by atoms with E-state index in [9.17, 15) is 4.79 Å². The smallest absolute Gasteiger partial charge is 0.339 e. The topological polar surface area (TPSA) is 76.0 Å². The molecule has 0 unspecified atom stereocenters. The van der Waals surface area contributed by atoms with Crippen LogP contribution in [0.15, 0.2) is 24.4 Å². The average molecular weight is 229 g/mol. The van der Waals surface area contributed by atoms with E-state index >= 15 is 0 Å². The van der Waals surface area contributed by atoms with Crippen molar-refractivity contribution in [1.82, 2.24) is 15.0 Å². The van der Waals surface area contributed by atoms with Gasteiger partial charge in [0.15, 0.2) is 5.82 Å². The molecule has 0 atom stereocenters. The Morgan fingerprint density at radius 1 is 1.18 bits per heavy atom. The van der Waals surface area contributed by atoms with Crippen molar-refractivity contribution in [1.29, 1.82) is 0 Å². The van der Waals surface area contributed by atoms with Crippen LogP contribution in [0.5, 0.6) is 0 Å². The first-order chi connectivity index (χ1) is 8.09. The molecule has 0 fully saturated rings. The van der Waals surface area contributed by atoms with Gasteiger partial charge in [-0.3, -0.25) is 4.98 Å². The van der Waals surface area contributed by atoms with Crippen molar-refractivity contribution >= 4 is 5.97 Å². The second kappa shape index (κ2) is 4.29.